The fourth-order valence-corrected chi connectivity index (χ4v) is 5.44. The van der Waals surface area contributed by atoms with Crippen LogP contribution >= 0.6 is 11.3 Å². The molecule has 1 aromatic heterocycles. The molecule has 5 nitrogen and oxygen atoms in total. The van der Waals surface area contributed by atoms with Gasteiger partial charge in [-0.15, -0.1) is 11.3 Å². The Balaban J connectivity index is 1.79. The van der Waals surface area contributed by atoms with Crippen LogP contribution in [0, 0.1) is 0 Å². The number of thiophene rings is 1. The summed E-state index contributed by atoms with van der Waals surface area (Å²) < 4.78 is 33.5. The second-order valence-corrected chi connectivity index (χ2v) is 9.46. The molecule has 0 aliphatic carbocycles. The van der Waals surface area contributed by atoms with Crippen LogP contribution in [-0.2, 0) is 10.0 Å². The standard InChI is InChI=1S/C19H26N2O3S2/c1-24-17-10-8-16(9-11-17)18(21-12-4-2-3-5-13-21)15-20-26(22,23)19-7-6-14-25-19/h6-11,14,18,20H,2-5,12-13,15H2,1H3. The summed E-state index contributed by atoms with van der Waals surface area (Å²) in [7, 11) is -1.81. The minimum absolute atomic E-state index is 0.0220. The van der Waals surface area contributed by atoms with Crippen LogP contribution in [0.25, 0.3) is 0 Å². The Morgan fingerprint density at radius 3 is 2.38 bits per heavy atom. The van der Waals surface area contributed by atoms with Crippen LogP contribution in [0.4, 0.5) is 0 Å². The Morgan fingerprint density at radius 1 is 1.12 bits per heavy atom. The summed E-state index contributed by atoms with van der Waals surface area (Å²) in [5, 5.41) is 1.78. The van der Waals surface area contributed by atoms with Gasteiger partial charge >= 0.3 is 0 Å². The molecule has 1 fully saturated rings. The predicted octanol–water partition coefficient (Wildman–Crippen LogP) is 3.65. The lowest BCUT2D eigenvalue weighted by atomic mass is 10.0. The normalized spacial score (nSPS) is 17.6. The number of methoxy groups -OCH3 is 1. The van der Waals surface area contributed by atoms with E-state index in [4.69, 9.17) is 4.74 Å². The van der Waals surface area contributed by atoms with Crippen molar-refractivity contribution in [2.24, 2.45) is 0 Å². The highest BCUT2D eigenvalue weighted by Crippen LogP contribution is 2.26. The van der Waals surface area contributed by atoms with Gasteiger partial charge in [-0.05, 0) is 55.1 Å². The maximum atomic E-state index is 12.5. The third-order valence-electron chi connectivity index (χ3n) is 4.81. The maximum Gasteiger partial charge on any atom is 0.250 e. The molecule has 26 heavy (non-hydrogen) atoms. The van der Waals surface area contributed by atoms with Crippen molar-refractivity contribution >= 4 is 21.4 Å². The molecule has 0 spiro atoms. The Labute approximate surface area is 160 Å². The van der Waals surface area contributed by atoms with E-state index in [1.807, 2.05) is 24.3 Å². The van der Waals surface area contributed by atoms with Gasteiger partial charge in [-0.25, -0.2) is 13.1 Å². The molecule has 1 aliphatic rings. The topological polar surface area (TPSA) is 58.6 Å². The van der Waals surface area contributed by atoms with Crippen molar-refractivity contribution < 1.29 is 13.2 Å². The lowest BCUT2D eigenvalue weighted by Crippen LogP contribution is -2.38. The van der Waals surface area contributed by atoms with Crippen molar-refractivity contribution in [2.45, 2.75) is 35.9 Å². The lowest BCUT2D eigenvalue weighted by Gasteiger charge is -2.31. The number of hydrogen-bond donors (Lipinski definition) is 1. The average molecular weight is 395 g/mol. The van der Waals surface area contributed by atoms with Crippen molar-refractivity contribution in [1.29, 1.82) is 0 Å². The highest BCUT2D eigenvalue weighted by Gasteiger charge is 2.24. The molecule has 0 bridgehead atoms. The molecule has 0 amide bonds. The van der Waals surface area contributed by atoms with Crippen molar-refractivity contribution in [1.82, 2.24) is 9.62 Å². The van der Waals surface area contributed by atoms with Crippen molar-refractivity contribution in [3.8, 4) is 5.75 Å². The number of hydrogen-bond acceptors (Lipinski definition) is 5. The molecule has 0 radical (unpaired) electrons. The summed E-state index contributed by atoms with van der Waals surface area (Å²) >= 11 is 1.24. The molecular weight excluding hydrogens is 368 g/mol. The van der Waals surface area contributed by atoms with Crippen LogP contribution in [0.5, 0.6) is 5.75 Å². The predicted molar refractivity (Wildman–Crippen MR) is 105 cm³/mol. The lowest BCUT2D eigenvalue weighted by molar-refractivity contribution is 0.206. The minimum Gasteiger partial charge on any atom is -0.497 e. The van der Waals surface area contributed by atoms with Gasteiger partial charge < -0.3 is 4.74 Å². The Bertz CT molecular complexity index is 766. The van der Waals surface area contributed by atoms with Crippen molar-refractivity contribution in [3.63, 3.8) is 0 Å². The van der Waals surface area contributed by atoms with Crippen LogP contribution in [0.1, 0.15) is 37.3 Å². The van der Waals surface area contributed by atoms with Crippen LogP contribution in [-0.4, -0.2) is 40.1 Å². The first-order valence-electron chi connectivity index (χ1n) is 9.01. The molecule has 2 heterocycles. The molecule has 1 aliphatic heterocycles. The van der Waals surface area contributed by atoms with E-state index in [0.29, 0.717) is 10.8 Å². The van der Waals surface area contributed by atoms with Crippen LogP contribution in [0.2, 0.25) is 0 Å². The number of rotatable bonds is 7. The van der Waals surface area contributed by atoms with Gasteiger partial charge in [0.1, 0.15) is 9.96 Å². The first-order valence-corrected chi connectivity index (χ1v) is 11.4. The SMILES string of the molecule is COc1ccc(C(CNS(=O)(=O)c2cccs2)N2CCCCCC2)cc1. The number of ether oxygens (including phenoxy) is 1. The highest BCUT2D eigenvalue weighted by molar-refractivity contribution is 7.91. The molecule has 1 atom stereocenters. The first kappa shape index (κ1) is 19.4. The number of benzene rings is 1. The Morgan fingerprint density at radius 2 is 1.81 bits per heavy atom. The van der Waals surface area contributed by atoms with Gasteiger partial charge in [-0.1, -0.05) is 31.0 Å². The van der Waals surface area contributed by atoms with Crippen LogP contribution < -0.4 is 9.46 Å². The van der Waals surface area contributed by atoms with Gasteiger partial charge in [-0.3, -0.25) is 4.90 Å². The first-order chi connectivity index (χ1) is 12.6. The number of likely N-dealkylation sites (tertiary alicyclic amines) is 1. The molecule has 3 rings (SSSR count). The van der Waals surface area contributed by atoms with Crippen molar-refractivity contribution in [2.75, 3.05) is 26.7 Å². The molecule has 0 saturated carbocycles. The smallest absolute Gasteiger partial charge is 0.250 e. The average Bonchev–Trinajstić information content (AvgIpc) is 3.08. The van der Waals surface area contributed by atoms with E-state index in [9.17, 15) is 8.42 Å². The summed E-state index contributed by atoms with van der Waals surface area (Å²) in [6, 6.07) is 11.4. The van der Waals surface area contributed by atoms with Crippen LogP contribution in [0.15, 0.2) is 46.0 Å². The molecule has 7 heteroatoms. The summed E-state index contributed by atoms with van der Waals surface area (Å²) in [6.07, 6.45) is 4.80. The number of sulfonamides is 1. The number of nitrogens with zero attached hydrogens (tertiary/aromatic N) is 1. The van der Waals surface area contributed by atoms with E-state index in [-0.39, 0.29) is 6.04 Å². The zero-order chi connectivity index (χ0) is 18.4. The van der Waals surface area contributed by atoms with Gasteiger partial charge in [0, 0.05) is 12.6 Å². The summed E-state index contributed by atoms with van der Waals surface area (Å²) in [5.74, 6) is 0.808. The van der Waals surface area contributed by atoms with Gasteiger partial charge in [-0.2, -0.15) is 0 Å². The molecule has 2 aromatic rings. The van der Waals surface area contributed by atoms with Crippen LogP contribution in [0.3, 0.4) is 0 Å². The van der Waals surface area contributed by atoms with E-state index in [1.54, 1.807) is 24.6 Å². The molecule has 1 saturated heterocycles. The fourth-order valence-electron chi connectivity index (χ4n) is 3.37. The van der Waals surface area contributed by atoms with E-state index >= 15 is 0 Å². The third-order valence-corrected chi connectivity index (χ3v) is 7.63. The van der Waals surface area contributed by atoms with Crippen molar-refractivity contribution in [3.05, 3.63) is 47.3 Å². The summed E-state index contributed by atoms with van der Waals surface area (Å²) in [6.45, 7) is 2.36. The Hall–Kier alpha value is -1.41. The maximum absolute atomic E-state index is 12.5. The van der Waals surface area contributed by atoms with E-state index < -0.39 is 10.0 Å². The molecule has 142 valence electrons. The molecule has 1 N–H and O–H groups in total. The molecule has 1 unspecified atom stereocenters. The Kier molecular flexibility index (Phi) is 6.69. The van der Waals surface area contributed by atoms with Gasteiger partial charge in [0.05, 0.1) is 7.11 Å². The number of nitrogens with one attached hydrogen (secondary N) is 1. The van der Waals surface area contributed by atoms with Gasteiger partial charge in [0.15, 0.2) is 0 Å². The quantitative estimate of drug-likeness (QED) is 0.779. The second-order valence-electron chi connectivity index (χ2n) is 6.52. The largest absolute Gasteiger partial charge is 0.497 e. The minimum atomic E-state index is -3.46. The summed E-state index contributed by atoms with van der Waals surface area (Å²) in [4.78, 5) is 2.41. The van der Waals surface area contributed by atoms with E-state index in [1.165, 1.54) is 24.2 Å². The molecule has 1 aromatic carbocycles. The van der Waals surface area contributed by atoms with Gasteiger partial charge in [0.2, 0.25) is 10.0 Å². The third kappa shape index (κ3) is 4.85. The zero-order valence-corrected chi connectivity index (χ0v) is 16.7. The fraction of sp³-hybridized carbons (Fsp3) is 0.474. The van der Waals surface area contributed by atoms with Gasteiger partial charge in [0.25, 0.3) is 0 Å². The van der Waals surface area contributed by atoms with E-state index in [0.717, 1.165) is 37.2 Å². The monoisotopic (exact) mass is 394 g/mol. The van der Waals surface area contributed by atoms with E-state index in [2.05, 4.69) is 9.62 Å². The summed E-state index contributed by atoms with van der Waals surface area (Å²) in [5.41, 5.74) is 1.11. The second kappa shape index (κ2) is 8.99. The zero-order valence-electron chi connectivity index (χ0n) is 15.1. The molecular formula is C19H26N2O3S2. The highest BCUT2D eigenvalue weighted by atomic mass is 32.2.